The molecule has 2 fully saturated rings. The average molecular weight is 351 g/mol. The van der Waals surface area contributed by atoms with Gasteiger partial charge in [-0.2, -0.15) is 4.52 Å². The molecule has 26 heavy (non-hydrogen) atoms. The SMILES string of the molecule is COc1ccnc(N2CCN(c3ccc4nnc(C5CC5)n4n3)CC2)c1. The Morgan fingerprint density at radius 1 is 0.962 bits per heavy atom. The second kappa shape index (κ2) is 6.12. The summed E-state index contributed by atoms with van der Waals surface area (Å²) in [7, 11) is 1.68. The summed E-state index contributed by atoms with van der Waals surface area (Å²) in [5.74, 6) is 4.31. The molecule has 8 heteroatoms. The highest BCUT2D eigenvalue weighted by atomic mass is 16.5. The zero-order chi connectivity index (χ0) is 17.5. The van der Waals surface area contributed by atoms with Gasteiger partial charge in [0.2, 0.25) is 0 Å². The first-order chi connectivity index (χ1) is 12.8. The van der Waals surface area contributed by atoms with Gasteiger partial charge in [-0.3, -0.25) is 0 Å². The molecule has 134 valence electrons. The van der Waals surface area contributed by atoms with Crippen LogP contribution in [-0.2, 0) is 0 Å². The molecule has 3 aromatic rings. The third-order valence-corrected chi connectivity index (χ3v) is 5.10. The van der Waals surface area contributed by atoms with Crippen LogP contribution < -0.4 is 14.5 Å². The molecule has 0 amide bonds. The minimum atomic E-state index is 0.531. The summed E-state index contributed by atoms with van der Waals surface area (Å²) in [6, 6.07) is 7.91. The second-order valence-corrected chi connectivity index (χ2v) is 6.82. The molecule has 3 aromatic heterocycles. The number of ether oxygens (including phenoxy) is 1. The van der Waals surface area contributed by atoms with Gasteiger partial charge in [0.25, 0.3) is 0 Å². The highest BCUT2D eigenvalue weighted by Crippen LogP contribution is 2.38. The van der Waals surface area contributed by atoms with E-state index in [9.17, 15) is 0 Å². The fourth-order valence-corrected chi connectivity index (χ4v) is 3.42. The fraction of sp³-hybridized carbons (Fsp3) is 0.444. The first-order valence-corrected chi connectivity index (χ1v) is 9.04. The quantitative estimate of drug-likeness (QED) is 0.709. The standard InChI is InChI=1S/C18H21N7O/c1-26-14-6-7-19-17(12-14)24-10-8-23(9-11-24)16-5-4-15-20-21-18(13-2-3-13)25(15)22-16/h4-7,12-13H,2-3,8-11H2,1H3. The molecule has 0 bridgehead atoms. The van der Waals surface area contributed by atoms with E-state index in [-0.39, 0.29) is 0 Å². The molecule has 1 saturated carbocycles. The van der Waals surface area contributed by atoms with Crippen LogP contribution in [-0.4, -0.2) is 58.1 Å². The van der Waals surface area contributed by atoms with Crippen LogP contribution in [0.4, 0.5) is 11.6 Å². The van der Waals surface area contributed by atoms with Gasteiger partial charge >= 0.3 is 0 Å². The summed E-state index contributed by atoms with van der Waals surface area (Å²) in [5.41, 5.74) is 0.829. The van der Waals surface area contributed by atoms with Crippen molar-refractivity contribution in [1.82, 2.24) is 24.8 Å². The van der Waals surface area contributed by atoms with Crippen molar-refractivity contribution in [1.29, 1.82) is 0 Å². The molecule has 0 N–H and O–H groups in total. The van der Waals surface area contributed by atoms with Gasteiger partial charge in [-0.05, 0) is 31.0 Å². The molecular weight excluding hydrogens is 330 g/mol. The summed E-state index contributed by atoms with van der Waals surface area (Å²) in [6.45, 7) is 3.60. The Labute approximate surface area is 151 Å². The number of pyridine rings is 1. The number of hydrogen-bond donors (Lipinski definition) is 0. The van der Waals surface area contributed by atoms with Gasteiger partial charge in [-0.15, -0.1) is 15.3 Å². The Morgan fingerprint density at radius 2 is 1.73 bits per heavy atom. The molecule has 0 spiro atoms. The van der Waals surface area contributed by atoms with Gasteiger partial charge in [0.05, 0.1) is 7.11 Å². The van der Waals surface area contributed by atoms with E-state index in [4.69, 9.17) is 9.84 Å². The van der Waals surface area contributed by atoms with Crippen LogP contribution in [0.1, 0.15) is 24.6 Å². The van der Waals surface area contributed by atoms with Crippen LogP contribution >= 0.6 is 0 Å². The number of rotatable bonds is 4. The smallest absolute Gasteiger partial charge is 0.178 e. The first-order valence-electron chi connectivity index (χ1n) is 9.04. The predicted molar refractivity (Wildman–Crippen MR) is 98.0 cm³/mol. The normalized spacial score (nSPS) is 17.7. The van der Waals surface area contributed by atoms with Crippen molar-refractivity contribution in [3.63, 3.8) is 0 Å². The molecule has 5 rings (SSSR count). The molecule has 1 aliphatic carbocycles. The minimum absolute atomic E-state index is 0.531. The van der Waals surface area contributed by atoms with Crippen LogP contribution in [0.2, 0.25) is 0 Å². The van der Waals surface area contributed by atoms with Crippen molar-refractivity contribution in [3.05, 3.63) is 36.3 Å². The molecular formula is C18H21N7O. The predicted octanol–water partition coefficient (Wildman–Crippen LogP) is 1.73. The molecule has 0 aromatic carbocycles. The third-order valence-electron chi connectivity index (χ3n) is 5.10. The highest BCUT2D eigenvalue weighted by Gasteiger charge is 2.29. The van der Waals surface area contributed by atoms with Crippen molar-refractivity contribution in [2.45, 2.75) is 18.8 Å². The largest absolute Gasteiger partial charge is 0.497 e. The lowest BCUT2D eigenvalue weighted by atomic mass is 10.3. The molecule has 1 aliphatic heterocycles. The van der Waals surface area contributed by atoms with Crippen LogP contribution in [0.3, 0.4) is 0 Å². The van der Waals surface area contributed by atoms with E-state index >= 15 is 0 Å². The number of fused-ring (bicyclic) bond motifs is 1. The molecule has 4 heterocycles. The molecule has 2 aliphatic rings. The number of hydrogen-bond acceptors (Lipinski definition) is 7. The summed E-state index contributed by atoms with van der Waals surface area (Å²) in [5, 5.41) is 13.4. The molecule has 8 nitrogen and oxygen atoms in total. The van der Waals surface area contributed by atoms with Crippen molar-refractivity contribution in [2.75, 3.05) is 43.1 Å². The first kappa shape index (κ1) is 15.4. The minimum Gasteiger partial charge on any atom is -0.497 e. The third kappa shape index (κ3) is 2.71. The van der Waals surface area contributed by atoms with Gasteiger partial charge in [0, 0.05) is 44.4 Å². The van der Waals surface area contributed by atoms with E-state index in [0.717, 1.165) is 55.0 Å². The zero-order valence-corrected chi connectivity index (χ0v) is 14.7. The Kier molecular flexibility index (Phi) is 3.62. The average Bonchev–Trinajstić information content (AvgIpc) is 3.47. The van der Waals surface area contributed by atoms with Crippen molar-refractivity contribution in [2.24, 2.45) is 0 Å². The summed E-state index contributed by atoms with van der Waals surface area (Å²) in [6.07, 6.45) is 4.18. The molecule has 0 atom stereocenters. The highest BCUT2D eigenvalue weighted by molar-refractivity contribution is 5.49. The van der Waals surface area contributed by atoms with Crippen LogP contribution in [0.5, 0.6) is 5.75 Å². The Bertz CT molecular complexity index is 928. The van der Waals surface area contributed by atoms with E-state index < -0.39 is 0 Å². The van der Waals surface area contributed by atoms with Gasteiger partial charge in [-0.25, -0.2) is 4.98 Å². The van der Waals surface area contributed by atoms with Gasteiger partial charge in [-0.1, -0.05) is 0 Å². The number of methoxy groups -OCH3 is 1. The van der Waals surface area contributed by atoms with E-state index in [2.05, 4.69) is 25.0 Å². The van der Waals surface area contributed by atoms with E-state index in [1.165, 1.54) is 12.8 Å². The maximum absolute atomic E-state index is 5.30. The Morgan fingerprint density at radius 3 is 2.46 bits per heavy atom. The summed E-state index contributed by atoms with van der Waals surface area (Å²) in [4.78, 5) is 9.07. The molecule has 0 radical (unpaired) electrons. The van der Waals surface area contributed by atoms with Gasteiger partial charge < -0.3 is 14.5 Å². The zero-order valence-electron chi connectivity index (χ0n) is 14.7. The topological polar surface area (TPSA) is 71.7 Å². The second-order valence-electron chi connectivity index (χ2n) is 6.82. The lowest BCUT2D eigenvalue weighted by molar-refractivity contribution is 0.414. The number of aromatic nitrogens is 5. The lowest BCUT2D eigenvalue weighted by Crippen LogP contribution is -2.47. The molecule has 0 unspecified atom stereocenters. The van der Waals surface area contributed by atoms with Crippen LogP contribution in [0.15, 0.2) is 30.5 Å². The monoisotopic (exact) mass is 351 g/mol. The van der Waals surface area contributed by atoms with E-state index in [0.29, 0.717) is 5.92 Å². The van der Waals surface area contributed by atoms with Gasteiger partial charge in [0.15, 0.2) is 11.5 Å². The Balaban J connectivity index is 1.33. The van der Waals surface area contributed by atoms with Gasteiger partial charge in [0.1, 0.15) is 17.4 Å². The van der Waals surface area contributed by atoms with E-state index in [1.807, 2.05) is 28.8 Å². The number of piperazine rings is 1. The van der Waals surface area contributed by atoms with Crippen molar-refractivity contribution < 1.29 is 4.74 Å². The Hall–Kier alpha value is -2.90. The maximum atomic E-state index is 5.30. The van der Waals surface area contributed by atoms with Crippen LogP contribution in [0.25, 0.3) is 5.65 Å². The van der Waals surface area contributed by atoms with Crippen LogP contribution in [0, 0.1) is 0 Å². The maximum Gasteiger partial charge on any atom is 0.178 e. The van der Waals surface area contributed by atoms with E-state index in [1.54, 1.807) is 13.3 Å². The number of anilines is 2. The lowest BCUT2D eigenvalue weighted by Gasteiger charge is -2.36. The summed E-state index contributed by atoms with van der Waals surface area (Å²) >= 11 is 0. The summed E-state index contributed by atoms with van der Waals surface area (Å²) < 4.78 is 7.22. The fourth-order valence-electron chi connectivity index (χ4n) is 3.42. The van der Waals surface area contributed by atoms with Crippen molar-refractivity contribution in [3.8, 4) is 5.75 Å². The van der Waals surface area contributed by atoms with Crippen molar-refractivity contribution >= 4 is 17.3 Å². The number of nitrogens with zero attached hydrogens (tertiary/aromatic N) is 7. The molecule has 1 saturated heterocycles.